The van der Waals surface area contributed by atoms with Gasteiger partial charge in [0.2, 0.25) is 0 Å². The number of anilines is 1. The Morgan fingerprint density at radius 2 is 2.15 bits per heavy atom. The molecule has 0 aliphatic carbocycles. The molecule has 13 heavy (non-hydrogen) atoms. The van der Waals surface area contributed by atoms with Crippen molar-refractivity contribution in [2.45, 2.75) is 26.2 Å². The summed E-state index contributed by atoms with van der Waals surface area (Å²) in [6, 6.07) is 1.74. The van der Waals surface area contributed by atoms with Gasteiger partial charge >= 0.3 is 83.1 Å². The zero-order valence-electron chi connectivity index (χ0n) is 7.84. The normalized spacial score (nSPS) is 11.3. The van der Waals surface area contributed by atoms with Gasteiger partial charge in [0.05, 0.1) is 0 Å². The molecule has 0 aromatic carbocycles. The molecule has 0 aliphatic heterocycles. The first kappa shape index (κ1) is 10.4. The van der Waals surface area contributed by atoms with Crippen molar-refractivity contribution < 1.29 is 9.90 Å². The van der Waals surface area contributed by atoms with Crippen LogP contribution in [0.15, 0.2) is 6.07 Å². The van der Waals surface area contributed by atoms with Crippen molar-refractivity contribution in [3.8, 4) is 5.75 Å². The Morgan fingerprint density at radius 3 is 2.54 bits per heavy atom. The fraction of sp³-hybridized carbons (Fsp3) is 0.444. The molecule has 1 radical (unpaired) electrons. The van der Waals surface area contributed by atoms with Gasteiger partial charge < -0.3 is 0 Å². The Bertz CT molecular complexity index is 312. The molecule has 0 saturated carbocycles. The van der Waals surface area contributed by atoms with Crippen LogP contribution in [0.4, 0.5) is 4.56 Å². The van der Waals surface area contributed by atoms with E-state index in [4.69, 9.17) is 0 Å². The van der Waals surface area contributed by atoms with Gasteiger partial charge in [-0.1, -0.05) is 0 Å². The summed E-state index contributed by atoms with van der Waals surface area (Å²) in [5, 5.41) is 11.8. The fourth-order valence-corrected chi connectivity index (χ4v) is 2.89. The molecule has 4 heteroatoms. The van der Waals surface area contributed by atoms with Crippen LogP contribution in [0, 0.1) is 0 Å². The van der Waals surface area contributed by atoms with Crippen molar-refractivity contribution in [2.24, 2.45) is 0 Å². The monoisotopic (exact) mass is 246 g/mol. The average Bonchev–Trinajstić information content (AvgIpc) is 2.32. The van der Waals surface area contributed by atoms with E-state index in [9.17, 15) is 9.90 Å². The van der Waals surface area contributed by atoms with Crippen LogP contribution in [0.2, 0.25) is 0 Å². The molecule has 1 heterocycles. The average molecular weight is 245 g/mol. The van der Waals surface area contributed by atoms with Gasteiger partial charge in [-0.25, -0.2) is 0 Å². The van der Waals surface area contributed by atoms with E-state index in [-0.39, 0.29) is 25.7 Å². The summed E-state index contributed by atoms with van der Waals surface area (Å²) >= 11 is 0.0275. The molecular weight excluding hydrogens is 233 g/mol. The van der Waals surface area contributed by atoms with Crippen LogP contribution in [-0.2, 0) is 10.2 Å². The summed E-state index contributed by atoms with van der Waals surface area (Å²) in [5.74, 6) is 0.174. The van der Waals surface area contributed by atoms with Gasteiger partial charge in [0.25, 0.3) is 0 Å². The van der Waals surface area contributed by atoms with Crippen LogP contribution >= 0.6 is 0 Å². The molecule has 0 fully saturated rings. The Balaban J connectivity index is 3.01. The third kappa shape index (κ3) is 2.36. The van der Waals surface area contributed by atoms with Crippen molar-refractivity contribution in [2.75, 3.05) is 5.32 Å². The van der Waals surface area contributed by atoms with Crippen molar-refractivity contribution in [3.63, 3.8) is 0 Å². The van der Waals surface area contributed by atoms with E-state index in [1.165, 1.54) is 4.44 Å². The van der Waals surface area contributed by atoms with E-state index in [0.717, 1.165) is 0 Å². The number of hydrogen-bond donors (Lipinski definition) is 2. The van der Waals surface area contributed by atoms with Crippen LogP contribution in [0.3, 0.4) is 0 Å². The Morgan fingerprint density at radius 1 is 1.54 bits per heavy atom. The summed E-state index contributed by atoms with van der Waals surface area (Å²) in [4.78, 5) is 10.1. The summed E-state index contributed by atoms with van der Waals surface area (Å²) in [6.07, 6.45) is 1.58. The molecule has 1 amide bonds. The van der Waals surface area contributed by atoms with Crippen LogP contribution in [0.25, 0.3) is 0 Å². The third-order valence-electron chi connectivity index (χ3n) is 1.62. The maximum atomic E-state index is 10.1. The first-order valence-electron chi connectivity index (χ1n) is 3.91. The second kappa shape index (κ2) is 3.56. The predicted molar refractivity (Wildman–Crippen MR) is 53.1 cm³/mol. The van der Waals surface area contributed by atoms with E-state index in [2.05, 4.69) is 26.1 Å². The number of nitrogens with one attached hydrogen (secondary N) is 1. The minimum absolute atomic E-state index is 0.0275. The van der Waals surface area contributed by atoms with Crippen LogP contribution in [-0.4, -0.2) is 26.0 Å². The maximum absolute atomic E-state index is 10.1. The predicted octanol–water partition coefficient (Wildman–Crippen LogP) is 1.23. The standard InChI is InChI=1S/C9H12NO2Se/c1-9(2,3)7-4-6(12)8(13-7)10-5-11/h4,12H,1-3H3,(H,10,11). The quantitative estimate of drug-likeness (QED) is 0.608. The zero-order valence-corrected chi connectivity index (χ0v) is 9.55. The van der Waals surface area contributed by atoms with Gasteiger partial charge in [-0.15, -0.1) is 0 Å². The van der Waals surface area contributed by atoms with Crippen molar-refractivity contribution >= 4 is 25.5 Å². The van der Waals surface area contributed by atoms with E-state index >= 15 is 0 Å². The molecule has 1 aromatic rings. The number of carbonyl (C=O) groups excluding carboxylic acids is 1. The van der Waals surface area contributed by atoms with Crippen LogP contribution < -0.4 is 5.32 Å². The fourth-order valence-electron chi connectivity index (χ4n) is 0.887. The topological polar surface area (TPSA) is 49.3 Å². The van der Waals surface area contributed by atoms with Gasteiger partial charge in [-0.05, 0) is 0 Å². The molecular formula is C9H12NO2Se. The first-order chi connectivity index (χ1) is 5.95. The minimum atomic E-state index is 0.0275. The summed E-state index contributed by atoms with van der Waals surface area (Å²) in [6.45, 7) is 6.25. The van der Waals surface area contributed by atoms with Crippen LogP contribution in [0.5, 0.6) is 5.75 Å². The second-order valence-corrected chi connectivity index (χ2v) is 6.01. The number of hydrogen-bond acceptors (Lipinski definition) is 2. The molecule has 0 bridgehead atoms. The molecule has 71 valence electrons. The first-order valence-corrected chi connectivity index (χ1v) is 5.63. The van der Waals surface area contributed by atoms with Gasteiger partial charge in [-0.2, -0.15) is 0 Å². The van der Waals surface area contributed by atoms with Crippen molar-refractivity contribution in [1.82, 2.24) is 0 Å². The molecule has 1 aromatic heterocycles. The van der Waals surface area contributed by atoms with Gasteiger partial charge in [0.15, 0.2) is 0 Å². The van der Waals surface area contributed by atoms with Gasteiger partial charge in [0.1, 0.15) is 0 Å². The Kier molecular flexibility index (Phi) is 2.84. The molecule has 0 saturated heterocycles. The second-order valence-electron chi connectivity index (χ2n) is 3.80. The SMILES string of the molecule is CC(C)(C)c1cc(O)c(N[C]=O)[se]1. The molecule has 2 N–H and O–H groups in total. The van der Waals surface area contributed by atoms with Crippen molar-refractivity contribution in [1.29, 1.82) is 0 Å². The van der Waals surface area contributed by atoms with Gasteiger partial charge in [-0.3, -0.25) is 0 Å². The van der Waals surface area contributed by atoms with E-state index in [0.29, 0.717) is 4.56 Å². The summed E-state index contributed by atoms with van der Waals surface area (Å²) < 4.78 is 1.78. The molecule has 1 rings (SSSR count). The molecule has 0 spiro atoms. The molecule has 0 atom stereocenters. The summed E-state index contributed by atoms with van der Waals surface area (Å²) in [5.41, 5.74) is 0.0558. The van der Waals surface area contributed by atoms with Crippen molar-refractivity contribution in [3.05, 3.63) is 10.5 Å². The van der Waals surface area contributed by atoms with Gasteiger partial charge in [0, 0.05) is 0 Å². The van der Waals surface area contributed by atoms with Crippen LogP contribution in [0.1, 0.15) is 25.2 Å². The Labute approximate surface area is 83.5 Å². The number of aromatic hydroxyl groups is 1. The number of amides is 1. The zero-order chi connectivity index (χ0) is 10.1. The number of rotatable bonds is 2. The van der Waals surface area contributed by atoms with E-state index in [1.54, 1.807) is 12.5 Å². The molecule has 0 unspecified atom stereocenters. The Hall–Kier alpha value is -0.731. The van der Waals surface area contributed by atoms with E-state index < -0.39 is 0 Å². The third-order valence-corrected chi connectivity index (χ3v) is 4.69. The molecule has 0 aliphatic rings. The van der Waals surface area contributed by atoms with E-state index in [1.807, 2.05) is 0 Å². The summed E-state index contributed by atoms with van der Waals surface area (Å²) in [7, 11) is 0. The molecule has 3 nitrogen and oxygen atoms in total.